The lowest BCUT2D eigenvalue weighted by atomic mass is 10.1. The lowest BCUT2D eigenvalue weighted by Crippen LogP contribution is -1.98. The Morgan fingerprint density at radius 1 is 1.00 bits per heavy atom. The Kier molecular flexibility index (Phi) is 3.54. The average Bonchev–Trinajstić information content (AvgIpc) is 2.64. The molecule has 0 atom stereocenters. The molecule has 0 bridgehead atoms. The van der Waals surface area contributed by atoms with Gasteiger partial charge in [0, 0.05) is 21.4 Å². The number of benzene rings is 2. The Morgan fingerprint density at radius 3 is 2.33 bits per heavy atom. The van der Waals surface area contributed by atoms with Crippen molar-refractivity contribution in [1.29, 1.82) is 0 Å². The molecule has 3 rings (SSSR count). The summed E-state index contributed by atoms with van der Waals surface area (Å²) in [7, 11) is 0. The molecule has 2 nitrogen and oxygen atoms in total. The highest BCUT2D eigenvalue weighted by molar-refractivity contribution is 9.10. The molecule has 1 aromatic heterocycles. The first kappa shape index (κ1) is 14.2. The maximum Gasteiger partial charge on any atom is 0.199 e. The fourth-order valence-electron chi connectivity index (χ4n) is 3.03. The largest absolute Gasteiger partial charge is 0.494 e. The first-order chi connectivity index (χ1) is 9.94. The Bertz CT molecular complexity index is 813. The molecule has 0 fully saturated rings. The highest BCUT2D eigenvalue weighted by Crippen LogP contribution is 2.33. The molecule has 0 aliphatic carbocycles. The molecule has 1 N–H and O–H groups in total. The Morgan fingerprint density at radius 2 is 1.67 bits per heavy atom. The van der Waals surface area contributed by atoms with Crippen LogP contribution in [0.25, 0.3) is 10.8 Å². The molecule has 0 unspecified atom stereocenters. The molecule has 1 heterocycles. The zero-order valence-corrected chi connectivity index (χ0v) is 14.0. The third-order valence-corrected chi connectivity index (χ3v) is 4.21. The van der Waals surface area contributed by atoms with Gasteiger partial charge in [-0.05, 0) is 44.0 Å². The normalized spacial score (nSPS) is 11.2. The number of aromatic hydroxyl groups is 1. The van der Waals surface area contributed by atoms with Crippen LogP contribution in [0.4, 0.5) is 0 Å². The van der Waals surface area contributed by atoms with Gasteiger partial charge in [0.15, 0.2) is 5.88 Å². The van der Waals surface area contributed by atoms with E-state index in [1.807, 2.05) is 29.8 Å². The summed E-state index contributed by atoms with van der Waals surface area (Å²) in [5, 5.41) is 12.5. The van der Waals surface area contributed by atoms with Crippen molar-refractivity contribution in [2.45, 2.75) is 27.3 Å². The van der Waals surface area contributed by atoms with E-state index in [1.165, 1.54) is 16.7 Å². The van der Waals surface area contributed by atoms with Crippen LogP contribution < -0.4 is 0 Å². The average molecular weight is 344 g/mol. The van der Waals surface area contributed by atoms with E-state index in [9.17, 15) is 5.11 Å². The minimum Gasteiger partial charge on any atom is -0.494 e. The standard InChI is InChI=1S/C18H18BrNO/c1-11-4-12(2)6-14(5-11)9-20-10-15-8-16(19)7-13(3)17(15)18(20)21/h4-8,10,21H,9H2,1-3H3. The van der Waals surface area contributed by atoms with Crippen molar-refractivity contribution in [3.8, 4) is 5.88 Å². The van der Waals surface area contributed by atoms with Crippen LogP contribution in [-0.2, 0) is 6.54 Å². The molecule has 0 saturated heterocycles. The molecule has 2 aromatic carbocycles. The maximum absolute atomic E-state index is 10.5. The second-order valence-electron chi connectivity index (χ2n) is 5.76. The van der Waals surface area contributed by atoms with Crippen molar-refractivity contribution in [3.63, 3.8) is 0 Å². The number of rotatable bonds is 2. The van der Waals surface area contributed by atoms with Crippen molar-refractivity contribution in [2.24, 2.45) is 0 Å². The van der Waals surface area contributed by atoms with Gasteiger partial charge in [0.25, 0.3) is 0 Å². The van der Waals surface area contributed by atoms with Crippen molar-refractivity contribution in [3.05, 3.63) is 63.3 Å². The minimum atomic E-state index is 0.342. The molecule has 0 aliphatic rings. The molecule has 3 aromatic rings. The lowest BCUT2D eigenvalue weighted by molar-refractivity contribution is 0.430. The summed E-state index contributed by atoms with van der Waals surface area (Å²) in [5.41, 5.74) is 4.79. The van der Waals surface area contributed by atoms with Crippen LogP contribution in [0.2, 0.25) is 0 Å². The third-order valence-electron chi connectivity index (χ3n) is 3.76. The van der Waals surface area contributed by atoms with Crippen LogP contribution in [0, 0.1) is 20.8 Å². The quantitative estimate of drug-likeness (QED) is 0.689. The van der Waals surface area contributed by atoms with Crippen LogP contribution in [0.5, 0.6) is 5.88 Å². The van der Waals surface area contributed by atoms with E-state index in [-0.39, 0.29) is 0 Å². The number of aromatic nitrogens is 1. The second-order valence-corrected chi connectivity index (χ2v) is 6.68. The zero-order chi connectivity index (χ0) is 15.1. The van der Waals surface area contributed by atoms with Crippen LogP contribution in [0.15, 0.2) is 41.0 Å². The maximum atomic E-state index is 10.5. The highest BCUT2D eigenvalue weighted by Gasteiger charge is 2.12. The van der Waals surface area contributed by atoms with Crippen LogP contribution in [-0.4, -0.2) is 9.67 Å². The fourth-order valence-corrected chi connectivity index (χ4v) is 3.62. The molecule has 21 heavy (non-hydrogen) atoms. The first-order valence-corrected chi connectivity index (χ1v) is 7.78. The number of nitrogens with zero attached hydrogens (tertiary/aromatic N) is 1. The van der Waals surface area contributed by atoms with Gasteiger partial charge >= 0.3 is 0 Å². The summed E-state index contributed by atoms with van der Waals surface area (Å²) in [6, 6.07) is 10.6. The summed E-state index contributed by atoms with van der Waals surface area (Å²) in [5.74, 6) is 0.342. The van der Waals surface area contributed by atoms with Crippen LogP contribution >= 0.6 is 15.9 Å². The zero-order valence-electron chi connectivity index (χ0n) is 12.4. The number of hydrogen-bond donors (Lipinski definition) is 1. The highest BCUT2D eigenvalue weighted by atomic mass is 79.9. The van der Waals surface area contributed by atoms with Gasteiger partial charge in [-0.1, -0.05) is 45.3 Å². The lowest BCUT2D eigenvalue weighted by Gasteiger charge is -2.08. The Labute approximate surface area is 133 Å². The molecule has 0 spiro atoms. The van der Waals surface area contributed by atoms with Gasteiger partial charge in [0.1, 0.15) is 0 Å². The van der Waals surface area contributed by atoms with Crippen LogP contribution in [0.3, 0.4) is 0 Å². The van der Waals surface area contributed by atoms with Gasteiger partial charge in [-0.3, -0.25) is 0 Å². The Balaban J connectivity index is 2.09. The van der Waals surface area contributed by atoms with E-state index < -0.39 is 0 Å². The molecule has 0 amide bonds. The van der Waals surface area contributed by atoms with Gasteiger partial charge in [-0.2, -0.15) is 0 Å². The number of halogens is 1. The van der Waals surface area contributed by atoms with Crippen molar-refractivity contribution >= 4 is 26.7 Å². The van der Waals surface area contributed by atoms with E-state index in [4.69, 9.17) is 0 Å². The predicted molar refractivity (Wildman–Crippen MR) is 91.1 cm³/mol. The SMILES string of the molecule is Cc1cc(C)cc(Cn2cc3cc(Br)cc(C)c3c2O)c1. The van der Waals surface area contributed by atoms with Gasteiger partial charge in [0.05, 0.1) is 6.54 Å². The summed E-state index contributed by atoms with van der Waals surface area (Å²) in [4.78, 5) is 0. The van der Waals surface area contributed by atoms with E-state index in [1.54, 1.807) is 0 Å². The molecule has 108 valence electrons. The van der Waals surface area contributed by atoms with E-state index in [0.29, 0.717) is 12.4 Å². The number of hydrogen-bond acceptors (Lipinski definition) is 1. The van der Waals surface area contributed by atoms with E-state index >= 15 is 0 Å². The molecule has 0 aliphatic heterocycles. The summed E-state index contributed by atoms with van der Waals surface area (Å²) < 4.78 is 2.95. The number of fused-ring (bicyclic) bond motifs is 1. The van der Waals surface area contributed by atoms with Crippen molar-refractivity contribution in [2.75, 3.05) is 0 Å². The molecular formula is C18H18BrNO. The molecule has 3 heteroatoms. The smallest absolute Gasteiger partial charge is 0.199 e. The van der Waals surface area contributed by atoms with Gasteiger partial charge < -0.3 is 9.67 Å². The van der Waals surface area contributed by atoms with Crippen molar-refractivity contribution in [1.82, 2.24) is 4.57 Å². The number of aryl methyl sites for hydroxylation is 3. The summed E-state index contributed by atoms with van der Waals surface area (Å²) >= 11 is 3.51. The summed E-state index contributed by atoms with van der Waals surface area (Å²) in [6.45, 7) is 6.90. The molecule has 0 saturated carbocycles. The third kappa shape index (κ3) is 2.70. The fraction of sp³-hybridized carbons (Fsp3) is 0.222. The van der Waals surface area contributed by atoms with E-state index in [0.717, 1.165) is 20.8 Å². The van der Waals surface area contributed by atoms with Crippen LogP contribution in [0.1, 0.15) is 22.3 Å². The summed E-state index contributed by atoms with van der Waals surface area (Å²) in [6.07, 6.45) is 2.01. The predicted octanol–water partition coefficient (Wildman–Crippen LogP) is 5.08. The second kappa shape index (κ2) is 5.23. The molecule has 0 radical (unpaired) electrons. The van der Waals surface area contributed by atoms with Gasteiger partial charge in [-0.15, -0.1) is 0 Å². The van der Waals surface area contributed by atoms with Gasteiger partial charge in [0.2, 0.25) is 0 Å². The minimum absolute atomic E-state index is 0.342. The first-order valence-electron chi connectivity index (χ1n) is 6.99. The Hall–Kier alpha value is -1.74. The van der Waals surface area contributed by atoms with Gasteiger partial charge in [-0.25, -0.2) is 0 Å². The van der Waals surface area contributed by atoms with E-state index in [2.05, 4.69) is 48.0 Å². The topological polar surface area (TPSA) is 25.2 Å². The van der Waals surface area contributed by atoms with Crippen molar-refractivity contribution < 1.29 is 5.11 Å². The monoisotopic (exact) mass is 343 g/mol. The molecular weight excluding hydrogens is 326 g/mol.